The van der Waals surface area contributed by atoms with Gasteiger partial charge in [-0.05, 0) is 45.3 Å². The van der Waals surface area contributed by atoms with Crippen LogP contribution >= 0.6 is 0 Å². The highest BCUT2D eigenvalue weighted by atomic mass is 16.3. The van der Waals surface area contributed by atoms with Gasteiger partial charge in [-0.25, -0.2) is 0 Å². The van der Waals surface area contributed by atoms with Gasteiger partial charge in [-0.2, -0.15) is 0 Å². The molecule has 0 atom stereocenters. The van der Waals surface area contributed by atoms with Crippen molar-refractivity contribution < 1.29 is 14.7 Å². The van der Waals surface area contributed by atoms with E-state index in [1.54, 1.807) is 24.4 Å². The van der Waals surface area contributed by atoms with Gasteiger partial charge in [-0.15, -0.1) is 0 Å². The van der Waals surface area contributed by atoms with Crippen molar-refractivity contribution in [2.24, 2.45) is 0 Å². The second kappa shape index (κ2) is 7.69. The highest BCUT2D eigenvalue weighted by molar-refractivity contribution is 6.50. The molecule has 0 radical (unpaired) electrons. The third-order valence-corrected chi connectivity index (χ3v) is 5.93. The SMILES string of the molecule is CN(C)CCCn1cc(C2=C(c3c[nH]c4ccccc34)C(=O)NC2=O)c2ccc(O)cc21. The number of para-hydroxylation sites is 1. The zero-order chi connectivity index (χ0) is 22.4. The van der Waals surface area contributed by atoms with Gasteiger partial charge in [0, 0.05) is 52.4 Å². The first-order valence-electron chi connectivity index (χ1n) is 10.6. The Bertz CT molecular complexity index is 1410. The van der Waals surface area contributed by atoms with Crippen LogP contribution < -0.4 is 5.32 Å². The molecular formula is C25H24N4O3. The molecule has 2 amide bonds. The van der Waals surface area contributed by atoms with Crippen molar-refractivity contribution in [3.63, 3.8) is 0 Å². The Balaban J connectivity index is 1.72. The molecule has 0 bridgehead atoms. The fraction of sp³-hybridized carbons (Fsp3) is 0.200. The number of rotatable bonds is 6. The number of carbonyl (C=O) groups is 2. The topological polar surface area (TPSA) is 90.4 Å². The molecule has 3 heterocycles. The van der Waals surface area contributed by atoms with E-state index in [0.29, 0.717) is 22.3 Å². The summed E-state index contributed by atoms with van der Waals surface area (Å²) in [5.74, 6) is -0.647. The molecule has 4 aromatic rings. The van der Waals surface area contributed by atoms with Crippen LogP contribution in [0.25, 0.3) is 33.0 Å². The number of carbonyl (C=O) groups excluding carboxylic acids is 2. The molecular weight excluding hydrogens is 404 g/mol. The lowest BCUT2D eigenvalue weighted by Crippen LogP contribution is -2.22. The maximum Gasteiger partial charge on any atom is 0.259 e. The number of imide groups is 1. The predicted octanol–water partition coefficient (Wildman–Crippen LogP) is 3.35. The molecule has 3 N–H and O–H groups in total. The largest absolute Gasteiger partial charge is 0.508 e. The molecule has 0 saturated carbocycles. The van der Waals surface area contributed by atoms with E-state index in [1.807, 2.05) is 49.1 Å². The minimum absolute atomic E-state index is 0.161. The molecule has 7 nitrogen and oxygen atoms in total. The summed E-state index contributed by atoms with van der Waals surface area (Å²) in [6.07, 6.45) is 4.60. The summed E-state index contributed by atoms with van der Waals surface area (Å²) in [6, 6.07) is 12.8. The van der Waals surface area contributed by atoms with Gasteiger partial charge >= 0.3 is 0 Å². The van der Waals surface area contributed by atoms with Crippen molar-refractivity contribution in [2.75, 3.05) is 20.6 Å². The highest BCUT2D eigenvalue weighted by Gasteiger charge is 2.35. The Morgan fingerprint density at radius 1 is 0.969 bits per heavy atom. The van der Waals surface area contributed by atoms with Crippen LogP contribution in [0.5, 0.6) is 5.75 Å². The van der Waals surface area contributed by atoms with Crippen molar-refractivity contribution in [2.45, 2.75) is 13.0 Å². The normalized spacial score (nSPS) is 14.3. The lowest BCUT2D eigenvalue weighted by atomic mass is 9.95. The number of amides is 2. The van der Waals surface area contributed by atoms with Gasteiger partial charge in [0.05, 0.1) is 16.7 Å². The zero-order valence-electron chi connectivity index (χ0n) is 18.0. The molecule has 162 valence electrons. The summed E-state index contributed by atoms with van der Waals surface area (Å²) in [7, 11) is 4.05. The van der Waals surface area contributed by atoms with Crippen LogP contribution in [0.4, 0.5) is 0 Å². The smallest absolute Gasteiger partial charge is 0.259 e. The number of H-pyrrole nitrogens is 1. The van der Waals surface area contributed by atoms with Crippen molar-refractivity contribution in [1.82, 2.24) is 19.8 Å². The minimum Gasteiger partial charge on any atom is -0.508 e. The summed E-state index contributed by atoms with van der Waals surface area (Å²) in [4.78, 5) is 31.2. The van der Waals surface area contributed by atoms with Crippen molar-refractivity contribution in [3.05, 3.63) is 66.0 Å². The summed E-state index contributed by atoms with van der Waals surface area (Å²) in [6.45, 7) is 1.64. The van der Waals surface area contributed by atoms with E-state index >= 15 is 0 Å². The first kappa shape index (κ1) is 20.1. The standard InChI is InChI=1S/C25H24N4O3/c1-28(2)10-5-11-29-14-19(17-9-8-15(30)12-21(17)29)23-22(24(31)27-25(23)32)18-13-26-20-7-4-3-6-16(18)20/h3-4,6-9,12-14,26,30H,5,10-11H2,1-2H3,(H,27,31,32). The number of hydrogen-bond donors (Lipinski definition) is 3. The summed E-state index contributed by atoms with van der Waals surface area (Å²) in [5, 5.41) is 14.3. The Kier molecular flexibility index (Phi) is 4.83. The Hall–Kier alpha value is -3.84. The first-order chi connectivity index (χ1) is 15.4. The van der Waals surface area contributed by atoms with E-state index in [0.717, 1.165) is 41.3 Å². The number of phenols is 1. The molecule has 1 aliphatic heterocycles. The van der Waals surface area contributed by atoms with Crippen LogP contribution in [-0.4, -0.2) is 52.0 Å². The third kappa shape index (κ3) is 3.27. The molecule has 2 aromatic carbocycles. The number of phenolic OH excluding ortho intramolecular Hbond substituents is 1. The molecule has 0 aliphatic carbocycles. The molecule has 32 heavy (non-hydrogen) atoms. The summed E-state index contributed by atoms with van der Waals surface area (Å²) in [5.41, 5.74) is 3.85. The quantitative estimate of drug-likeness (QED) is 0.411. The molecule has 0 fully saturated rings. The Morgan fingerprint density at radius 3 is 2.50 bits per heavy atom. The van der Waals surface area contributed by atoms with Gasteiger partial charge in [0.1, 0.15) is 5.75 Å². The van der Waals surface area contributed by atoms with Crippen molar-refractivity contribution >= 4 is 44.8 Å². The van der Waals surface area contributed by atoms with Crippen LogP contribution in [0.1, 0.15) is 17.5 Å². The highest BCUT2D eigenvalue weighted by Crippen LogP contribution is 2.38. The number of aromatic amines is 1. The van der Waals surface area contributed by atoms with Gasteiger partial charge in [0.15, 0.2) is 0 Å². The number of fused-ring (bicyclic) bond motifs is 2. The average molecular weight is 428 g/mol. The van der Waals surface area contributed by atoms with Crippen molar-refractivity contribution in [1.29, 1.82) is 0 Å². The number of nitrogens with zero attached hydrogens (tertiary/aromatic N) is 2. The molecule has 0 spiro atoms. The molecule has 5 rings (SSSR count). The van der Waals surface area contributed by atoms with Crippen LogP contribution in [-0.2, 0) is 16.1 Å². The minimum atomic E-state index is -0.407. The predicted molar refractivity (Wildman–Crippen MR) is 125 cm³/mol. The Morgan fingerprint density at radius 2 is 1.72 bits per heavy atom. The second-order valence-corrected chi connectivity index (χ2v) is 8.38. The number of hydrogen-bond acceptors (Lipinski definition) is 4. The maximum absolute atomic E-state index is 13.0. The number of benzene rings is 2. The van der Waals surface area contributed by atoms with Crippen LogP contribution in [0.15, 0.2) is 54.9 Å². The molecule has 7 heteroatoms. The molecule has 0 unspecified atom stereocenters. The number of aromatic hydroxyl groups is 1. The van der Waals surface area contributed by atoms with Crippen LogP contribution in [0.2, 0.25) is 0 Å². The Labute approximate surface area is 184 Å². The summed E-state index contributed by atoms with van der Waals surface area (Å²) < 4.78 is 2.05. The molecule has 2 aromatic heterocycles. The van der Waals surface area contributed by atoms with Crippen LogP contribution in [0, 0.1) is 0 Å². The monoisotopic (exact) mass is 428 g/mol. The number of nitrogens with one attached hydrogen (secondary N) is 2. The lowest BCUT2D eigenvalue weighted by Gasteiger charge is -2.10. The van der Waals surface area contributed by atoms with E-state index in [-0.39, 0.29) is 5.75 Å². The van der Waals surface area contributed by atoms with Gasteiger partial charge in [-0.1, -0.05) is 18.2 Å². The molecule has 1 aliphatic rings. The van der Waals surface area contributed by atoms with Gasteiger partial charge in [0.2, 0.25) is 0 Å². The van der Waals surface area contributed by atoms with E-state index in [2.05, 4.69) is 15.2 Å². The van der Waals surface area contributed by atoms with E-state index in [1.165, 1.54) is 0 Å². The van der Waals surface area contributed by atoms with Crippen LogP contribution in [0.3, 0.4) is 0 Å². The third-order valence-electron chi connectivity index (χ3n) is 5.93. The molecule has 0 saturated heterocycles. The number of aryl methyl sites for hydroxylation is 1. The second-order valence-electron chi connectivity index (χ2n) is 8.38. The average Bonchev–Trinajstić information content (AvgIpc) is 3.41. The van der Waals surface area contributed by atoms with Gasteiger partial charge < -0.3 is 19.6 Å². The fourth-order valence-electron chi connectivity index (χ4n) is 4.47. The fourth-order valence-corrected chi connectivity index (χ4v) is 4.47. The lowest BCUT2D eigenvalue weighted by molar-refractivity contribution is -0.122. The van der Waals surface area contributed by atoms with Gasteiger partial charge in [0.25, 0.3) is 11.8 Å². The van der Waals surface area contributed by atoms with Crippen molar-refractivity contribution in [3.8, 4) is 5.75 Å². The summed E-state index contributed by atoms with van der Waals surface area (Å²) >= 11 is 0. The zero-order valence-corrected chi connectivity index (χ0v) is 18.0. The maximum atomic E-state index is 13.0. The van der Waals surface area contributed by atoms with E-state index in [9.17, 15) is 14.7 Å². The first-order valence-corrected chi connectivity index (χ1v) is 10.6. The van der Waals surface area contributed by atoms with Gasteiger partial charge in [-0.3, -0.25) is 14.9 Å². The number of aromatic nitrogens is 2. The van der Waals surface area contributed by atoms with E-state index < -0.39 is 11.8 Å². The van der Waals surface area contributed by atoms with E-state index in [4.69, 9.17) is 0 Å².